The molecule has 1 N–H and O–H groups in total. The van der Waals surface area contributed by atoms with Crippen molar-refractivity contribution in [3.05, 3.63) is 91.9 Å². The van der Waals surface area contributed by atoms with Crippen LogP contribution in [0.5, 0.6) is 5.75 Å². The van der Waals surface area contributed by atoms with Crippen LogP contribution in [0.1, 0.15) is 42.1 Å². The molecule has 2 aromatic carbocycles. The van der Waals surface area contributed by atoms with Crippen molar-refractivity contribution >= 4 is 29.4 Å². The first kappa shape index (κ1) is 25.9. The fourth-order valence-electron chi connectivity index (χ4n) is 4.75. The summed E-state index contributed by atoms with van der Waals surface area (Å²) in [5, 5.41) is 19.2. The van der Waals surface area contributed by atoms with Gasteiger partial charge in [-0.05, 0) is 46.9 Å². The van der Waals surface area contributed by atoms with Gasteiger partial charge >= 0.3 is 5.97 Å². The smallest absolute Gasteiger partial charge is 0.331 e. The van der Waals surface area contributed by atoms with E-state index in [9.17, 15) is 24.8 Å². The van der Waals surface area contributed by atoms with E-state index in [-0.39, 0.29) is 18.1 Å². The molecule has 0 fully saturated rings. The lowest BCUT2D eigenvalue weighted by atomic mass is 9.93. The number of ether oxygens (including phenoxy) is 1. The average Bonchev–Trinajstić information content (AvgIpc) is 3.28. The summed E-state index contributed by atoms with van der Waals surface area (Å²) in [5.41, 5.74) is 3.59. The summed E-state index contributed by atoms with van der Waals surface area (Å²) < 4.78 is 6.94. The van der Waals surface area contributed by atoms with E-state index in [0.717, 1.165) is 16.7 Å². The highest BCUT2D eigenvalue weighted by atomic mass is 35.5. The minimum atomic E-state index is -0.954. The van der Waals surface area contributed by atoms with Gasteiger partial charge in [-0.1, -0.05) is 43.6 Å². The molecule has 1 heterocycles. The molecular formula is C29H25ClN2O5. The molecule has 0 saturated heterocycles. The Morgan fingerprint density at radius 3 is 2.57 bits per heavy atom. The van der Waals surface area contributed by atoms with Gasteiger partial charge in [-0.3, -0.25) is 9.59 Å². The Morgan fingerprint density at radius 1 is 1.16 bits per heavy atom. The summed E-state index contributed by atoms with van der Waals surface area (Å²) in [6.07, 6.45) is 3.55. The number of methoxy groups -OCH3 is 1. The Labute approximate surface area is 219 Å². The van der Waals surface area contributed by atoms with Crippen LogP contribution >= 0.6 is 11.6 Å². The van der Waals surface area contributed by atoms with E-state index in [1.165, 1.54) is 23.9 Å². The summed E-state index contributed by atoms with van der Waals surface area (Å²) in [7, 11) is 1.46. The second-order valence-corrected chi connectivity index (χ2v) is 9.76. The van der Waals surface area contributed by atoms with E-state index >= 15 is 0 Å². The number of hydrogen-bond acceptors (Lipinski definition) is 5. The van der Waals surface area contributed by atoms with Crippen LogP contribution in [0, 0.1) is 17.2 Å². The number of carbonyl (C=O) groups is 2. The average molecular weight is 517 g/mol. The molecule has 1 atom stereocenters. The molecule has 0 spiro atoms. The first-order valence-electron chi connectivity index (χ1n) is 11.7. The molecule has 8 heteroatoms. The summed E-state index contributed by atoms with van der Waals surface area (Å²) in [5.74, 6) is -0.972. The van der Waals surface area contributed by atoms with E-state index < -0.39 is 17.6 Å². The highest BCUT2D eigenvalue weighted by molar-refractivity contribution is 6.31. The van der Waals surface area contributed by atoms with Gasteiger partial charge in [0.2, 0.25) is 0 Å². The number of pyridine rings is 1. The van der Waals surface area contributed by atoms with Gasteiger partial charge in [0.15, 0.2) is 5.78 Å². The number of aliphatic carboxylic acids is 1. The van der Waals surface area contributed by atoms with Crippen molar-refractivity contribution in [2.75, 3.05) is 7.11 Å². The van der Waals surface area contributed by atoms with Crippen molar-refractivity contribution in [3.63, 3.8) is 0 Å². The Balaban J connectivity index is 1.68. The van der Waals surface area contributed by atoms with Gasteiger partial charge in [0.1, 0.15) is 5.75 Å². The highest BCUT2D eigenvalue weighted by Gasteiger charge is 2.27. The number of carboxylic acid groups (broad SMARTS) is 1. The van der Waals surface area contributed by atoms with E-state index in [0.29, 0.717) is 39.5 Å². The molecule has 0 saturated carbocycles. The van der Waals surface area contributed by atoms with Crippen LogP contribution in [0.3, 0.4) is 0 Å². The standard InChI is InChI=1S/C29H25ClN2O5/c1-16(2)28(25(33)9-17-4-5-18-10-21(29(35)36)11-20(18)8-17)32-15-26(37-3)24(13-27(32)34)23-12-22(30)7-6-19(23)14-31/h4-8,10,12-13,15-16,28H,9,11H2,1-3H3,(H,35,36). The number of carboxylic acids is 1. The molecule has 188 valence electrons. The van der Waals surface area contributed by atoms with Crippen LogP contribution in [0.25, 0.3) is 17.2 Å². The third-order valence-corrected chi connectivity index (χ3v) is 6.72. The van der Waals surface area contributed by atoms with Crippen LogP contribution in [-0.2, 0) is 22.4 Å². The van der Waals surface area contributed by atoms with Gasteiger partial charge in [-0.15, -0.1) is 0 Å². The molecule has 0 bridgehead atoms. The normalized spacial score (nSPS) is 13.0. The SMILES string of the molecule is COc1cn(C(C(=O)Cc2ccc3c(c2)CC(C(=O)O)=C3)C(C)C)c(=O)cc1-c1cc(Cl)ccc1C#N. The lowest BCUT2D eigenvalue weighted by Gasteiger charge is -2.24. The number of nitriles is 1. The summed E-state index contributed by atoms with van der Waals surface area (Å²) in [6, 6.07) is 13.0. The third kappa shape index (κ3) is 5.20. The first-order chi connectivity index (χ1) is 17.6. The zero-order valence-electron chi connectivity index (χ0n) is 20.6. The molecule has 0 amide bonds. The zero-order chi connectivity index (χ0) is 26.9. The number of Topliss-reactive ketones (excluding diaryl/α,β-unsaturated/α-hetero) is 1. The van der Waals surface area contributed by atoms with Crippen LogP contribution in [0.4, 0.5) is 0 Å². The Morgan fingerprint density at radius 2 is 1.92 bits per heavy atom. The third-order valence-electron chi connectivity index (χ3n) is 6.49. The lowest BCUT2D eigenvalue weighted by molar-refractivity contribution is -0.132. The number of fused-ring (bicyclic) bond motifs is 1. The van der Waals surface area contributed by atoms with Crippen molar-refractivity contribution in [3.8, 4) is 22.9 Å². The van der Waals surface area contributed by atoms with Gasteiger partial charge in [0.05, 0.1) is 31.0 Å². The van der Waals surface area contributed by atoms with Gasteiger partial charge in [0, 0.05) is 40.6 Å². The summed E-state index contributed by atoms with van der Waals surface area (Å²) >= 11 is 6.15. The van der Waals surface area contributed by atoms with Crippen LogP contribution in [-0.4, -0.2) is 28.5 Å². The number of ketones is 1. The number of carbonyl (C=O) groups excluding carboxylic acids is 1. The number of halogens is 1. The molecule has 37 heavy (non-hydrogen) atoms. The van der Waals surface area contributed by atoms with E-state index in [1.54, 1.807) is 24.3 Å². The maximum absolute atomic E-state index is 13.5. The zero-order valence-corrected chi connectivity index (χ0v) is 21.4. The maximum atomic E-state index is 13.5. The van der Waals surface area contributed by atoms with Crippen molar-refractivity contribution < 1.29 is 19.4 Å². The van der Waals surface area contributed by atoms with Crippen LogP contribution in [0.2, 0.25) is 5.02 Å². The van der Waals surface area contributed by atoms with Crippen molar-refractivity contribution in [2.24, 2.45) is 5.92 Å². The van der Waals surface area contributed by atoms with Gasteiger partial charge in [0.25, 0.3) is 5.56 Å². The molecule has 1 aliphatic carbocycles. The molecular weight excluding hydrogens is 492 g/mol. The van der Waals surface area contributed by atoms with Crippen molar-refractivity contribution in [1.29, 1.82) is 5.26 Å². The number of benzene rings is 2. The second-order valence-electron chi connectivity index (χ2n) is 9.32. The number of nitrogens with zero attached hydrogens (tertiary/aromatic N) is 2. The van der Waals surface area contributed by atoms with Gasteiger partial charge in [-0.25, -0.2) is 4.79 Å². The summed E-state index contributed by atoms with van der Waals surface area (Å²) in [6.45, 7) is 3.73. The van der Waals surface area contributed by atoms with Crippen molar-refractivity contribution in [2.45, 2.75) is 32.7 Å². The van der Waals surface area contributed by atoms with E-state index in [4.69, 9.17) is 16.3 Å². The maximum Gasteiger partial charge on any atom is 0.331 e. The molecule has 1 aliphatic rings. The van der Waals surface area contributed by atoms with Crippen LogP contribution in [0.15, 0.2) is 59.0 Å². The Bertz CT molecular complexity index is 1540. The Hall–Kier alpha value is -4.15. The van der Waals surface area contributed by atoms with Gasteiger partial charge < -0.3 is 14.4 Å². The molecule has 3 aromatic rings. The Kier molecular flexibility index (Phi) is 7.33. The second kappa shape index (κ2) is 10.5. The largest absolute Gasteiger partial charge is 0.495 e. The quantitative estimate of drug-likeness (QED) is 0.447. The number of aromatic nitrogens is 1. The minimum Gasteiger partial charge on any atom is -0.495 e. The molecule has 0 aliphatic heterocycles. The fraction of sp³-hybridized carbons (Fsp3) is 0.241. The minimum absolute atomic E-state index is 0.0852. The first-order valence-corrected chi connectivity index (χ1v) is 12.1. The fourth-order valence-corrected chi connectivity index (χ4v) is 4.93. The van der Waals surface area contributed by atoms with E-state index in [2.05, 4.69) is 6.07 Å². The van der Waals surface area contributed by atoms with Gasteiger partial charge in [-0.2, -0.15) is 5.26 Å². The topological polar surface area (TPSA) is 109 Å². The predicted molar refractivity (Wildman–Crippen MR) is 141 cm³/mol. The molecule has 1 aromatic heterocycles. The summed E-state index contributed by atoms with van der Waals surface area (Å²) in [4.78, 5) is 38.1. The predicted octanol–water partition coefficient (Wildman–Crippen LogP) is 5.08. The molecule has 7 nitrogen and oxygen atoms in total. The van der Waals surface area contributed by atoms with Crippen LogP contribution < -0.4 is 10.3 Å². The number of rotatable bonds is 8. The molecule has 0 radical (unpaired) electrons. The molecule has 4 rings (SSSR count). The molecule has 1 unspecified atom stereocenters. The van der Waals surface area contributed by atoms with Crippen molar-refractivity contribution in [1.82, 2.24) is 4.57 Å². The van der Waals surface area contributed by atoms with E-state index in [1.807, 2.05) is 32.0 Å². The highest BCUT2D eigenvalue weighted by Crippen LogP contribution is 2.34. The lowest BCUT2D eigenvalue weighted by Crippen LogP contribution is -2.33. The monoisotopic (exact) mass is 516 g/mol. The number of hydrogen-bond donors (Lipinski definition) is 1.